The molecule has 0 atom stereocenters. The fraction of sp³-hybridized carbons (Fsp3) is 0.571. The van der Waals surface area contributed by atoms with Crippen LogP contribution in [0.5, 0.6) is 0 Å². The molecule has 104 valence electrons. The monoisotopic (exact) mass is 261 g/mol. The molecule has 5 heteroatoms. The number of aryl methyl sites for hydroxylation is 3. The Hall–Kier alpha value is -1.62. The molecule has 0 aliphatic heterocycles. The van der Waals surface area contributed by atoms with Crippen LogP contribution in [-0.2, 0) is 20.1 Å². The van der Waals surface area contributed by atoms with Gasteiger partial charge in [0.2, 0.25) is 0 Å². The van der Waals surface area contributed by atoms with E-state index in [0.717, 1.165) is 24.6 Å². The maximum atomic E-state index is 4.42. The van der Waals surface area contributed by atoms with Crippen LogP contribution in [0.1, 0.15) is 36.8 Å². The normalized spacial score (nSPS) is 11.5. The van der Waals surface area contributed by atoms with Crippen molar-refractivity contribution >= 4 is 0 Å². The van der Waals surface area contributed by atoms with Crippen molar-refractivity contribution in [3.05, 3.63) is 35.2 Å². The average molecular weight is 261 g/mol. The quantitative estimate of drug-likeness (QED) is 0.892. The summed E-state index contributed by atoms with van der Waals surface area (Å²) in [6.45, 7) is 10.0. The highest BCUT2D eigenvalue weighted by Crippen LogP contribution is 2.10. The number of hydrogen-bond acceptors (Lipinski definition) is 3. The summed E-state index contributed by atoms with van der Waals surface area (Å²) in [5.41, 5.74) is 3.46. The Morgan fingerprint density at radius 3 is 2.58 bits per heavy atom. The summed E-state index contributed by atoms with van der Waals surface area (Å²) < 4.78 is 4.18. The molecule has 2 heterocycles. The maximum absolute atomic E-state index is 4.42. The molecular formula is C14H23N5. The van der Waals surface area contributed by atoms with Crippen molar-refractivity contribution in [1.29, 1.82) is 0 Å². The molecule has 2 rings (SSSR count). The van der Waals surface area contributed by atoms with Crippen LogP contribution in [0.2, 0.25) is 0 Å². The van der Waals surface area contributed by atoms with Crippen LogP contribution in [-0.4, -0.2) is 25.4 Å². The van der Waals surface area contributed by atoms with Gasteiger partial charge in [0.15, 0.2) is 0 Å². The number of nitrogens with zero attached hydrogens (tertiary/aromatic N) is 4. The number of aromatic nitrogens is 4. The van der Waals surface area contributed by atoms with Crippen LogP contribution in [0, 0.1) is 13.8 Å². The van der Waals surface area contributed by atoms with Crippen LogP contribution in [0.15, 0.2) is 12.3 Å². The molecule has 2 aromatic heterocycles. The van der Waals surface area contributed by atoms with Crippen LogP contribution >= 0.6 is 0 Å². The minimum atomic E-state index is 0.475. The lowest BCUT2D eigenvalue weighted by atomic mass is 10.3. The second kappa shape index (κ2) is 5.57. The van der Waals surface area contributed by atoms with Gasteiger partial charge in [-0.2, -0.15) is 5.10 Å². The molecule has 1 N–H and O–H groups in total. The van der Waals surface area contributed by atoms with Gasteiger partial charge in [0, 0.05) is 25.8 Å². The summed E-state index contributed by atoms with van der Waals surface area (Å²) in [6.07, 6.45) is 1.95. The zero-order chi connectivity index (χ0) is 14.0. The number of imidazole rings is 1. The largest absolute Gasteiger partial charge is 0.325 e. The van der Waals surface area contributed by atoms with E-state index in [-0.39, 0.29) is 0 Å². The first kappa shape index (κ1) is 13.8. The van der Waals surface area contributed by atoms with E-state index < -0.39 is 0 Å². The third-order valence-corrected chi connectivity index (χ3v) is 3.25. The average Bonchev–Trinajstić information content (AvgIpc) is 2.82. The van der Waals surface area contributed by atoms with Gasteiger partial charge in [-0.05, 0) is 19.9 Å². The van der Waals surface area contributed by atoms with Gasteiger partial charge in [-0.1, -0.05) is 13.8 Å². The van der Waals surface area contributed by atoms with E-state index in [1.54, 1.807) is 0 Å². The van der Waals surface area contributed by atoms with Crippen molar-refractivity contribution < 1.29 is 0 Å². The van der Waals surface area contributed by atoms with Gasteiger partial charge in [0.1, 0.15) is 5.82 Å². The van der Waals surface area contributed by atoms with Crippen molar-refractivity contribution in [3.8, 4) is 0 Å². The Bertz CT molecular complexity index is 550. The molecule has 0 aromatic carbocycles. The van der Waals surface area contributed by atoms with Gasteiger partial charge in [-0.25, -0.2) is 4.98 Å². The first-order chi connectivity index (χ1) is 8.97. The second-order valence-corrected chi connectivity index (χ2v) is 5.32. The Balaban J connectivity index is 2.19. The van der Waals surface area contributed by atoms with Gasteiger partial charge in [0.05, 0.1) is 23.6 Å². The molecular weight excluding hydrogens is 238 g/mol. The van der Waals surface area contributed by atoms with Crippen molar-refractivity contribution in [2.75, 3.05) is 0 Å². The van der Waals surface area contributed by atoms with E-state index in [1.165, 1.54) is 11.4 Å². The molecule has 19 heavy (non-hydrogen) atoms. The Kier molecular flexibility index (Phi) is 4.04. The Morgan fingerprint density at radius 1 is 1.26 bits per heavy atom. The highest BCUT2D eigenvalue weighted by molar-refractivity contribution is 5.13. The Labute approximate surface area is 114 Å². The Morgan fingerprint density at radius 2 is 2.00 bits per heavy atom. The molecule has 0 spiro atoms. The number of hydrogen-bond donors (Lipinski definition) is 1. The SMILES string of the molecule is Cc1cc(Cn2c(CNC(C)C)cnc2C)n(C)n1. The topological polar surface area (TPSA) is 47.7 Å². The lowest BCUT2D eigenvalue weighted by molar-refractivity contribution is 0.555. The van der Waals surface area contributed by atoms with Gasteiger partial charge in [-0.3, -0.25) is 4.68 Å². The van der Waals surface area contributed by atoms with Crippen LogP contribution in [0.4, 0.5) is 0 Å². The van der Waals surface area contributed by atoms with Crippen LogP contribution in [0.3, 0.4) is 0 Å². The van der Waals surface area contributed by atoms with Crippen molar-refractivity contribution in [2.45, 2.75) is 46.8 Å². The summed E-state index contributed by atoms with van der Waals surface area (Å²) in [6, 6.07) is 2.60. The van der Waals surface area contributed by atoms with Crippen LogP contribution < -0.4 is 5.32 Å². The molecule has 0 saturated heterocycles. The highest BCUT2D eigenvalue weighted by Gasteiger charge is 2.10. The molecule has 0 aliphatic rings. The minimum absolute atomic E-state index is 0.475. The van der Waals surface area contributed by atoms with E-state index >= 15 is 0 Å². The standard InChI is InChI=1S/C14H23N5/c1-10(2)15-7-14-8-16-12(4)19(14)9-13-6-11(3)17-18(13)5/h6,8,10,15H,7,9H2,1-5H3. The summed E-state index contributed by atoms with van der Waals surface area (Å²) in [5.74, 6) is 1.04. The van der Waals surface area contributed by atoms with E-state index in [4.69, 9.17) is 0 Å². The molecule has 0 unspecified atom stereocenters. The molecule has 0 saturated carbocycles. The van der Waals surface area contributed by atoms with Gasteiger partial charge >= 0.3 is 0 Å². The fourth-order valence-corrected chi connectivity index (χ4v) is 2.16. The fourth-order valence-electron chi connectivity index (χ4n) is 2.16. The lowest BCUT2D eigenvalue weighted by Gasteiger charge is -2.12. The summed E-state index contributed by atoms with van der Waals surface area (Å²) in [5, 5.41) is 7.83. The predicted molar refractivity (Wildman–Crippen MR) is 76.0 cm³/mol. The molecule has 0 fully saturated rings. The third-order valence-electron chi connectivity index (χ3n) is 3.25. The van der Waals surface area contributed by atoms with Crippen molar-refractivity contribution in [2.24, 2.45) is 7.05 Å². The van der Waals surface area contributed by atoms with Gasteiger partial charge < -0.3 is 9.88 Å². The first-order valence-corrected chi connectivity index (χ1v) is 6.71. The molecule has 2 aromatic rings. The molecule has 0 bridgehead atoms. The molecule has 0 aliphatic carbocycles. The zero-order valence-electron chi connectivity index (χ0n) is 12.4. The number of rotatable bonds is 5. The van der Waals surface area contributed by atoms with Crippen molar-refractivity contribution in [1.82, 2.24) is 24.6 Å². The van der Waals surface area contributed by atoms with Gasteiger partial charge in [0.25, 0.3) is 0 Å². The van der Waals surface area contributed by atoms with E-state index in [1.807, 2.05) is 31.8 Å². The van der Waals surface area contributed by atoms with Crippen molar-refractivity contribution in [3.63, 3.8) is 0 Å². The molecule has 0 amide bonds. The zero-order valence-corrected chi connectivity index (χ0v) is 12.4. The van der Waals surface area contributed by atoms with E-state index in [0.29, 0.717) is 6.04 Å². The summed E-state index contributed by atoms with van der Waals surface area (Å²) in [7, 11) is 1.99. The second-order valence-electron chi connectivity index (χ2n) is 5.32. The van der Waals surface area contributed by atoms with Gasteiger partial charge in [-0.15, -0.1) is 0 Å². The lowest BCUT2D eigenvalue weighted by Crippen LogP contribution is -2.24. The third kappa shape index (κ3) is 3.23. The first-order valence-electron chi connectivity index (χ1n) is 6.71. The highest BCUT2D eigenvalue weighted by atomic mass is 15.3. The number of nitrogens with one attached hydrogen (secondary N) is 1. The summed E-state index contributed by atoms with van der Waals surface area (Å²) in [4.78, 5) is 4.42. The van der Waals surface area contributed by atoms with E-state index in [2.05, 4.69) is 39.9 Å². The summed E-state index contributed by atoms with van der Waals surface area (Å²) >= 11 is 0. The van der Waals surface area contributed by atoms with Crippen LogP contribution in [0.25, 0.3) is 0 Å². The van der Waals surface area contributed by atoms with E-state index in [9.17, 15) is 0 Å². The predicted octanol–water partition coefficient (Wildman–Crippen LogP) is 1.78. The molecule has 5 nitrogen and oxygen atoms in total. The molecule has 0 radical (unpaired) electrons. The minimum Gasteiger partial charge on any atom is -0.325 e. The maximum Gasteiger partial charge on any atom is 0.106 e. The smallest absolute Gasteiger partial charge is 0.106 e.